The molecule has 0 bridgehead atoms. The molecule has 0 saturated heterocycles. The maximum atomic E-state index is 13.1. The van der Waals surface area contributed by atoms with Gasteiger partial charge in [0, 0.05) is 47.0 Å². The lowest BCUT2D eigenvalue weighted by atomic mass is 9.98. The SMILES string of the molecule is CCNCc1cncc(-c2ccc3[nH]nc(-c4ncc(C(=O)N[C@@H](CO)Cc5c[nH]c6ccccc56)[nH]4)c3c2)c1C. The Bertz CT molecular complexity index is 1830. The van der Waals surface area contributed by atoms with E-state index in [0.29, 0.717) is 23.6 Å². The van der Waals surface area contributed by atoms with Crippen molar-refractivity contribution in [2.75, 3.05) is 13.2 Å². The molecule has 0 radical (unpaired) electrons. The summed E-state index contributed by atoms with van der Waals surface area (Å²) in [7, 11) is 0. The van der Waals surface area contributed by atoms with Crippen LogP contribution < -0.4 is 10.6 Å². The molecule has 4 aromatic heterocycles. The van der Waals surface area contributed by atoms with E-state index in [9.17, 15) is 9.90 Å². The van der Waals surface area contributed by atoms with Crippen LogP contribution in [0.15, 0.2) is 67.3 Å². The molecule has 0 aliphatic rings. The summed E-state index contributed by atoms with van der Waals surface area (Å²) in [6, 6.07) is 13.6. The van der Waals surface area contributed by atoms with E-state index in [2.05, 4.69) is 66.7 Å². The molecule has 0 fully saturated rings. The normalized spacial score (nSPS) is 12.3. The van der Waals surface area contributed by atoms with Crippen LogP contribution in [0.3, 0.4) is 0 Å². The monoisotopic (exact) mass is 548 g/mol. The van der Waals surface area contributed by atoms with Gasteiger partial charge < -0.3 is 25.7 Å². The van der Waals surface area contributed by atoms with Crippen molar-refractivity contribution in [3.05, 3.63) is 89.6 Å². The highest BCUT2D eigenvalue weighted by Gasteiger charge is 2.19. The number of amides is 1. The number of pyridine rings is 1. The standard InChI is InChI=1S/C31H32N8O2/c1-3-32-12-21-13-33-15-25(18(21)2)19-8-9-27-24(11-19)29(39-38-27)30-35-16-28(37-30)31(41)36-22(17-40)10-20-14-34-26-7-5-4-6-23(20)26/h4-9,11,13-16,22,32,34,40H,3,10,12,17H2,1-2H3,(H,35,37)(H,36,41)(H,38,39)/t22-/m1/s1. The van der Waals surface area contributed by atoms with Gasteiger partial charge in [0.1, 0.15) is 11.4 Å². The number of hydrogen-bond acceptors (Lipinski definition) is 6. The lowest BCUT2D eigenvalue weighted by Crippen LogP contribution is -2.39. The molecule has 6 aromatic rings. The third-order valence-corrected chi connectivity index (χ3v) is 7.50. The van der Waals surface area contributed by atoms with Crippen LogP contribution in [0.2, 0.25) is 0 Å². The minimum absolute atomic E-state index is 0.191. The van der Waals surface area contributed by atoms with Crippen LogP contribution in [0.25, 0.3) is 44.5 Å². The van der Waals surface area contributed by atoms with Crippen LogP contribution >= 0.6 is 0 Å². The minimum Gasteiger partial charge on any atom is -0.394 e. The first kappa shape index (κ1) is 26.4. The van der Waals surface area contributed by atoms with Crippen molar-refractivity contribution in [1.29, 1.82) is 0 Å². The zero-order chi connectivity index (χ0) is 28.3. The highest BCUT2D eigenvalue weighted by atomic mass is 16.3. The van der Waals surface area contributed by atoms with Gasteiger partial charge in [-0.25, -0.2) is 4.98 Å². The van der Waals surface area contributed by atoms with Crippen molar-refractivity contribution in [3.63, 3.8) is 0 Å². The molecule has 1 amide bonds. The minimum atomic E-state index is -0.456. The van der Waals surface area contributed by atoms with Crippen molar-refractivity contribution in [2.45, 2.75) is 32.9 Å². The topological polar surface area (TPSA) is 147 Å². The molecule has 2 aromatic carbocycles. The van der Waals surface area contributed by atoms with Gasteiger partial charge in [0.15, 0.2) is 5.82 Å². The first-order valence-electron chi connectivity index (χ1n) is 13.7. The summed E-state index contributed by atoms with van der Waals surface area (Å²) >= 11 is 0. The Morgan fingerprint density at radius 2 is 1.93 bits per heavy atom. The van der Waals surface area contributed by atoms with Crippen molar-refractivity contribution in [3.8, 4) is 22.6 Å². The molecule has 1 atom stereocenters. The van der Waals surface area contributed by atoms with E-state index in [1.807, 2.05) is 48.9 Å². The fourth-order valence-electron chi connectivity index (χ4n) is 5.21. The van der Waals surface area contributed by atoms with Crippen molar-refractivity contribution in [2.24, 2.45) is 0 Å². The second-order valence-corrected chi connectivity index (χ2v) is 10.1. The zero-order valence-corrected chi connectivity index (χ0v) is 23.0. The summed E-state index contributed by atoms with van der Waals surface area (Å²) in [5, 5.41) is 25.8. The summed E-state index contributed by atoms with van der Waals surface area (Å²) in [4.78, 5) is 28.4. The number of nitrogens with one attached hydrogen (secondary N) is 5. The first-order chi connectivity index (χ1) is 20.1. The van der Waals surface area contributed by atoms with Crippen molar-refractivity contribution in [1.82, 2.24) is 40.8 Å². The number of aliphatic hydroxyl groups is 1. The predicted molar refractivity (Wildman–Crippen MR) is 159 cm³/mol. The highest BCUT2D eigenvalue weighted by Crippen LogP contribution is 2.31. The van der Waals surface area contributed by atoms with Gasteiger partial charge in [-0.05, 0) is 60.3 Å². The number of hydrogen-bond donors (Lipinski definition) is 6. The Hall–Kier alpha value is -4.80. The van der Waals surface area contributed by atoms with Crippen LogP contribution in [-0.4, -0.2) is 60.3 Å². The quantitative estimate of drug-likeness (QED) is 0.151. The summed E-state index contributed by atoms with van der Waals surface area (Å²) in [6.45, 7) is 5.66. The molecule has 6 rings (SSSR count). The van der Waals surface area contributed by atoms with E-state index in [1.54, 1.807) is 0 Å². The largest absolute Gasteiger partial charge is 0.394 e. The first-order valence-corrected chi connectivity index (χ1v) is 13.7. The van der Waals surface area contributed by atoms with E-state index in [0.717, 1.165) is 57.1 Å². The smallest absolute Gasteiger partial charge is 0.269 e. The second kappa shape index (κ2) is 11.4. The Morgan fingerprint density at radius 3 is 2.78 bits per heavy atom. The van der Waals surface area contributed by atoms with Crippen molar-refractivity contribution >= 4 is 27.7 Å². The van der Waals surface area contributed by atoms with E-state index in [-0.39, 0.29) is 12.5 Å². The molecule has 0 unspecified atom stereocenters. The van der Waals surface area contributed by atoms with Gasteiger partial charge in [-0.3, -0.25) is 14.9 Å². The number of fused-ring (bicyclic) bond motifs is 2. The van der Waals surface area contributed by atoms with Gasteiger partial charge >= 0.3 is 0 Å². The number of imidazole rings is 1. The Balaban J connectivity index is 1.23. The Morgan fingerprint density at radius 1 is 1.05 bits per heavy atom. The Kier molecular flexibility index (Phi) is 7.32. The van der Waals surface area contributed by atoms with E-state index >= 15 is 0 Å². The maximum Gasteiger partial charge on any atom is 0.269 e. The van der Waals surface area contributed by atoms with Gasteiger partial charge in [-0.1, -0.05) is 31.2 Å². The van der Waals surface area contributed by atoms with E-state index in [1.165, 1.54) is 11.8 Å². The number of H-pyrrole nitrogens is 3. The summed E-state index contributed by atoms with van der Waals surface area (Å²) in [5.41, 5.74) is 8.23. The van der Waals surface area contributed by atoms with Crippen molar-refractivity contribution < 1.29 is 9.90 Å². The lowest BCUT2D eigenvalue weighted by molar-refractivity contribution is 0.0912. The lowest BCUT2D eigenvalue weighted by Gasteiger charge is -2.15. The average molecular weight is 549 g/mol. The number of nitrogens with zero attached hydrogens (tertiary/aromatic N) is 3. The molecular formula is C31H32N8O2. The number of benzene rings is 2. The second-order valence-electron chi connectivity index (χ2n) is 10.1. The third kappa shape index (κ3) is 5.22. The summed E-state index contributed by atoms with van der Waals surface area (Å²) in [6.07, 6.45) is 7.69. The van der Waals surface area contributed by atoms with Gasteiger partial charge in [-0.2, -0.15) is 5.10 Å². The van der Waals surface area contributed by atoms with Crippen LogP contribution in [0, 0.1) is 6.92 Å². The molecule has 10 nitrogen and oxygen atoms in total. The number of rotatable bonds is 10. The summed E-state index contributed by atoms with van der Waals surface area (Å²) in [5.74, 6) is 0.133. The molecule has 4 heterocycles. The van der Waals surface area contributed by atoms with Gasteiger partial charge in [-0.15, -0.1) is 0 Å². The van der Waals surface area contributed by atoms with E-state index < -0.39 is 6.04 Å². The number of carbonyl (C=O) groups is 1. The van der Waals surface area contributed by atoms with Crippen LogP contribution in [0.4, 0.5) is 0 Å². The molecule has 0 spiro atoms. The fourth-order valence-corrected chi connectivity index (χ4v) is 5.21. The van der Waals surface area contributed by atoms with Gasteiger partial charge in [0.25, 0.3) is 5.91 Å². The van der Waals surface area contributed by atoms with Gasteiger partial charge in [0.05, 0.1) is 24.4 Å². The molecule has 0 saturated carbocycles. The van der Waals surface area contributed by atoms with E-state index in [4.69, 9.17) is 0 Å². The van der Waals surface area contributed by atoms with Crippen LogP contribution in [0.5, 0.6) is 0 Å². The zero-order valence-electron chi connectivity index (χ0n) is 23.0. The average Bonchev–Trinajstić information content (AvgIpc) is 3.74. The molecule has 41 heavy (non-hydrogen) atoms. The molecule has 10 heteroatoms. The number of para-hydroxylation sites is 1. The predicted octanol–water partition coefficient (Wildman–Crippen LogP) is 4.25. The molecule has 6 N–H and O–H groups in total. The molecule has 208 valence electrons. The molecule has 0 aliphatic carbocycles. The summed E-state index contributed by atoms with van der Waals surface area (Å²) < 4.78 is 0. The van der Waals surface area contributed by atoms with Gasteiger partial charge in [0.2, 0.25) is 0 Å². The molecular weight excluding hydrogens is 516 g/mol. The number of carbonyl (C=O) groups excluding carboxylic acids is 1. The van der Waals surface area contributed by atoms with Crippen LogP contribution in [-0.2, 0) is 13.0 Å². The fraction of sp³-hybridized carbons (Fsp3) is 0.226. The highest BCUT2D eigenvalue weighted by molar-refractivity contribution is 5.96. The maximum absolute atomic E-state index is 13.1. The molecule has 0 aliphatic heterocycles. The number of aromatic amines is 3. The number of aromatic nitrogens is 6. The third-order valence-electron chi connectivity index (χ3n) is 7.50. The Labute approximate surface area is 236 Å². The number of aliphatic hydroxyl groups excluding tert-OH is 1. The van der Waals surface area contributed by atoms with Crippen LogP contribution in [0.1, 0.15) is 34.1 Å².